The summed E-state index contributed by atoms with van der Waals surface area (Å²) in [5.41, 5.74) is 2.28. The first-order valence-electron chi connectivity index (χ1n) is 6.88. The molecule has 1 aromatic carbocycles. The zero-order valence-corrected chi connectivity index (χ0v) is 12.2. The summed E-state index contributed by atoms with van der Waals surface area (Å²) in [5, 5.41) is 5.65. The summed E-state index contributed by atoms with van der Waals surface area (Å²) in [4.78, 5) is 25.5. The van der Waals surface area contributed by atoms with Crippen LogP contribution in [-0.2, 0) is 11.2 Å². The van der Waals surface area contributed by atoms with Crippen molar-refractivity contribution in [2.24, 2.45) is 0 Å². The van der Waals surface area contributed by atoms with Gasteiger partial charge in [-0.25, -0.2) is 0 Å². The number of hydrogen-bond acceptors (Lipinski definition) is 3. The van der Waals surface area contributed by atoms with Crippen molar-refractivity contribution in [1.29, 1.82) is 0 Å². The minimum Gasteiger partial charge on any atom is -0.351 e. The van der Waals surface area contributed by atoms with Crippen LogP contribution in [0.4, 0.5) is 5.69 Å². The van der Waals surface area contributed by atoms with Gasteiger partial charge in [0.15, 0.2) is 0 Å². The highest BCUT2D eigenvalue weighted by Gasteiger charge is 2.18. The van der Waals surface area contributed by atoms with E-state index in [4.69, 9.17) is 0 Å². The van der Waals surface area contributed by atoms with Crippen LogP contribution in [0.2, 0.25) is 0 Å². The number of nitrogens with zero attached hydrogens (tertiary/aromatic N) is 1. The van der Waals surface area contributed by atoms with Gasteiger partial charge in [0.2, 0.25) is 5.91 Å². The maximum Gasteiger partial charge on any atom is 0.251 e. The van der Waals surface area contributed by atoms with Gasteiger partial charge >= 0.3 is 0 Å². The number of likely N-dealkylation sites (N-methyl/N-ethyl adjacent to an activating group) is 1. The minimum absolute atomic E-state index is 0.0175. The fourth-order valence-electron chi connectivity index (χ4n) is 2.06. The van der Waals surface area contributed by atoms with E-state index in [0.717, 1.165) is 17.8 Å². The van der Waals surface area contributed by atoms with Crippen LogP contribution in [0.15, 0.2) is 18.2 Å². The third-order valence-corrected chi connectivity index (χ3v) is 3.63. The van der Waals surface area contributed by atoms with Gasteiger partial charge in [0.25, 0.3) is 5.91 Å². The molecule has 20 heavy (non-hydrogen) atoms. The van der Waals surface area contributed by atoms with Crippen LogP contribution in [0.25, 0.3) is 0 Å². The number of rotatable bonds is 5. The lowest BCUT2D eigenvalue weighted by molar-refractivity contribution is -0.115. The molecule has 1 aromatic rings. The summed E-state index contributed by atoms with van der Waals surface area (Å²) in [6.07, 6.45) is 0.399. The second-order valence-corrected chi connectivity index (χ2v) is 5.43. The summed E-state index contributed by atoms with van der Waals surface area (Å²) in [6, 6.07) is 5.80. The molecular formula is C15H21N3O2. The average molecular weight is 275 g/mol. The lowest BCUT2D eigenvalue weighted by atomic mass is 10.1. The quantitative estimate of drug-likeness (QED) is 0.850. The minimum atomic E-state index is -0.105. The Morgan fingerprint density at radius 3 is 2.90 bits per heavy atom. The Balaban J connectivity index is 1.91. The number of anilines is 1. The number of benzene rings is 1. The predicted octanol–water partition coefficient (Wildman–Crippen LogP) is 1.25. The van der Waals surface area contributed by atoms with Crippen LogP contribution >= 0.6 is 0 Å². The molecule has 0 spiro atoms. The zero-order valence-electron chi connectivity index (χ0n) is 12.2. The van der Waals surface area contributed by atoms with Crippen LogP contribution in [0.1, 0.15) is 29.8 Å². The van der Waals surface area contributed by atoms with E-state index in [1.807, 2.05) is 13.1 Å². The van der Waals surface area contributed by atoms with Crippen molar-refractivity contribution < 1.29 is 9.59 Å². The van der Waals surface area contributed by atoms with Crippen LogP contribution < -0.4 is 10.6 Å². The highest BCUT2D eigenvalue weighted by Crippen LogP contribution is 2.23. The smallest absolute Gasteiger partial charge is 0.251 e. The average Bonchev–Trinajstić information content (AvgIpc) is 2.77. The summed E-state index contributed by atoms with van der Waals surface area (Å²) >= 11 is 0. The lowest BCUT2D eigenvalue weighted by Crippen LogP contribution is -2.36. The molecule has 2 amide bonds. The Kier molecular flexibility index (Phi) is 4.39. The van der Waals surface area contributed by atoms with Crippen molar-refractivity contribution >= 4 is 17.5 Å². The molecule has 0 radical (unpaired) electrons. The molecule has 0 atom stereocenters. The number of hydrogen-bond donors (Lipinski definition) is 2. The lowest BCUT2D eigenvalue weighted by Gasteiger charge is -2.20. The van der Waals surface area contributed by atoms with Crippen molar-refractivity contribution in [1.82, 2.24) is 10.2 Å². The molecule has 1 aliphatic heterocycles. The van der Waals surface area contributed by atoms with Gasteiger partial charge in [0.05, 0.1) is 6.42 Å². The molecule has 2 N–H and O–H groups in total. The number of fused-ring (bicyclic) bond motifs is 1. The first kappa shape index (κ1) is 14.5. The summed E-state index contributed by atoms with van der Waals surface area (Å²) in [6.45, 7) is 5.65. The van der Waals surface area contributed by atoms with E-state index in [-0.39, 0.29) is 11.8 Å². The first-order valence-corrected chi connectivity index (χ1v) is 6.88. The van der Waals surface area contributed by atoms with Crippen LogP contribution in [0.3, 0.4) is 0 Å². The van der Waals surface area contributed by atoms with E-state index < -0.39 is 0 Å². The van der Waals surface area contributed by atoms with E-state index in [1.54, 1.807) is 12.1 Å². The first-order chi connectivity index (χ1) is 9.47. The molecule has 0 bridgehead atoms. The van der Waals surface area contributed by atoms with E-state index in [2.05, 4.69) is 29.4 Å². The number of amides is 2. The molecule has 1 heterocycles. The van der Waals surface area contributed by atoms with Crippen LogP contribution in [-0.4, -0.2) is 42.9 Å². The van der Waals surface area contributed by atoms with E-state index >= 15 is 0 Å². The summed E-state index contributed by atoms with van der Waals surface area (Å²) in [7, 11) is 2.03. The van der Waals surface area contributed by atoms with Crippen molar-refractivity contribution in [3.63, 3.8) is 0 Å². The summed E-state index contributed by atoms with van der Waals surface area (Å²) in [5.74, 6) is -0.123. The van der Waals surface area contributed by atoms with Crippen molar-refractivity contribution in [3.05, 3.63) is 29.3 Å². The maximum absolute atomic E-state index is 12.0. The van der Waals surface area contributed by atoms with Gasteiger partial charge in [-0.05, 0) is 38.6 Å². The molecule has 0 saturated carbocycles. The second kappa shape index (κ2) is 6.05. The number of carbonyl (C=O) groups is 2. The fraction of sp³-hybridized carbons (Fsp3) is 0.467. The highest BCUT2D eigenvalue weighted by molar-refractivity contribution is 6.02. The van der Waals surface area contributed by atoms with Crippen molar-refractivity contribution in [3.8, 4) is 0 Å². The van der Waals surface area contributed by atoms with Crippen LogP contribution in [0, 0.1) is 0 Å². The van der Waals surface area contributed by atoms with E-state index in [0.29, 0.717) is 24.6 Å². The molecule has 0 aromatic heterocycles. The molecule has 0 saturated heterocycles. The molecule has 2 rings (SSSR count). The van der Waals surface area contributed by atoms with Crippen molar-refractivity contribution in [2.75, 3.05) is 25.5 Å². The van der Waals surface area contributed by atoms with Gasteiger partial charge in [-0.2, -0.15) is 0 Å². The third-order valence-electron chi connectivity index (χ3n) is 3.63. The van der Waals surface area contributed by atoms with Gasteiger partial charge in [-0.1, -0.05) is 6.07 Å². The molecule has 1 aliphatic rings. The second-order valence-electron chi connectivity index (χ2n) is 5.43. The Bertz CT molecular complexity index is 526. The predicted molar refractivity (Wildman–Crippen MR) is 78.9 cm³/mol. The number of nitrogens with one attached hydrogen (secondary N) is 2. The molecule has 0 aliphatic carbocycles. The van der Waals surface area contributed by atoms with E-state index in [9.17, 15) is 9.59 Å². The largest absolute Gasteiger partial charge is 0.351 e. The molecule has 0 unspecified atom stereocenters. The Hall–Kier alpha value is -1.88. The standard InChI is InChI=1S/C15H21N3O2/c1-10(2)18(3)7-6-16-15(20)12-5-4-11-9-14(19)17-13(11)8-12/h4-5,8,10H,6-7,9H2,1-3H3,(H,16,20)(H,17,19). The fourth-order valence-corrected chi connectivity index (χ4v) is 2.06. The molecule has 5 nitrogen and oxygen atoms in total. The third kappa shape index (κ3) is 3.36. The Morgan fingerprint density at radius 1 is 1.45 bits per heavy atom. The highest BCUT2D eigenvalue weighted by atomic mass is 16.2. The van der Waals surface area contributed by atoms with Gasteiger partial charge < -0.3 is 15.5 Å². The van der Waals surface area contributed by atoms with Crippen molar-refractivity contribution in [2.45, 2.75) is 26.3 Å². The SMILES string of the molecule is CC(C)N(C)CCNC(=O)c1ccc2c(c1)NC(=O)C2. The Labute approximate surface area is 119 Å². The molecule has 0 fully saturated rings. The molecule has 108 valence electrons. The van der Waals surface area contributed by atoms with E-state index in [1.165, 1.54) is 0 Å². The molecule has 5 heteroatoms. The van der Waals surface area contributed by atoms with Gasteiger partial charge in [-0.3, -0.25) is 9.59 Å². The monoisotopic (exact) mass is 275 g/mol. The maximum atomic E-state index is 12.0. The van der Waals surface area contributed by atoms with Gasteiger partial charge in [-0.15, -0.1) is 0 Å². The van der Waals surface area contributed by atoms with Crippen LogP contribution in [0.5, 0.6) is 0 Å². The topological polar surface area (TPSA) is 61.4 Å². The number of carbonyl (C=O) groups excluding carboxylic acids is 2. The zero-order chi connectivity index (χ0) is 14.7. The van der Waals surface area contributed by atoms with Gasteiger partial charge in [0, 0.05) is 30.4 Å². The molecular weight excluding hydrogens is 254 g/mol. The summed E-state index contributed by atoms with van der Waals surface area (Å²) < 4.78 is 0. The normalized spacial score (nSPS) is 13.6. The Morgan fingerprint density at radius 2 is 2.20 bits per heavy atom. The van der Waals surface area contributed by atoms with Gasteiger partial charge in [0.1, 0.15) is 0 Å².